The summed E-state index contributed by atoms with van der Waals surface area (Å²) in [5.41, 5.74) is -0.201. The highest BCUT2D eigenvalue weighted by molar-refractivity contribution is 9.10. The molecule has 0 amide bonds. The number of anilines is 1. The average Bonchev–Trinajstić information content (AvgIpc) is 2.18. The number of pyridine rings is 1. The zero-order valence-electron chi connectivity index (χ0n) is 8.88. The molecular weight excluding hydrogens is 314 g/mol. The van der Waals surface area contributed by atoms with E-state index in [4.69, 9.17) is 0 Å². The molecule has 0 aromatic carbocycles. The molecule has 0 atom stereocenters. The molecule has 0 fully saturated rings. The third-order valence-electron chi connectivity index (χ3n) is 1.80. The molecule has 1 heterocycles. The first-order chi connectivity index (χ1) is 7.79. The monoisotopic (exact) mass is 323 g/mol. The van der Waals surface area contributed by atoms with E-state index in [0.29, 0.717) is 4.47 Å². The van der Waals surface area contributed by atoms with Crippen LogP contribution in [0.4, 0.5) is 11.5 Å². The smallest absolute Gasteiger partial charge is 0.312 e. The molecule has 9 heteroatoms. The molecule has 0 radical (unpaired) electrons. The number of hydrogen-bond acceptors (Lipinski definition) is 6. The minimum absolute atomic E-state index is 0.0573. The van der Waals surface area contributed by atoms with E-state index in [0.717, 1.165) is 6.26 Å². The van der Waals surface area contributed by atoms with E-state index in [9.17, 15) is 18.5 Å². The van der Waals surface area contributed by atoms with Crippen LogP contribution in [0.2, 0.25) is 0 Å². The molecule has 0 saturated heterocycles. The maximum absolute atomic E-state index is 10.9. The summed E-state index contributed by atoms with van der Waals surface area (Å²) < 4.78 is 22.3. The van der Waals surface area contributed by atoms with Crippen LogP contribution in [0.5, 0.6) is 0 Å². The van der Waals surface area contributed by atoms with Gasteiger partial charge >= 0.3 is 5.69 Å². The van der Waals surface area contributed by atoms with Gasteiger partial charge in [0.05, 0.1) is 10.7 Å². The van der Waals surface area contributed by atoms with Gasteiger partial charge in [-0.3, -0.25) is 10.1 Å². The zero-order valence-corrected chi connectivity index (χ0v) is 11.3. The molecule has 0 aliphatic heterocycles. The van der Waals surface area contributed by atoms with Gasteiger partial charge in [-0.2, -0.15) is 0 Å². The zero-order chi connectivity index (χ0) is 13.1. The Hall–Kier alpha value is -1.22. The fraction of sp³-hybridized carbons (Fsp3) is 0.375. The maximum atomic E-state index is 10.9. The molecule has 0 spiro atoms. The Balaban J connectivity index is 2.81. The van der Waals surface area contributed by atoms with E-state index >= 15 is 0 Å². The number of aromatic nitrogens is 1. The van der Waals surface area contributed by atoms with Crippen LogP contribution in [-0.4, -0.2) is 36.9 Å². The predicted octanol–water partition coefficient (Wildman–Crippen LogP) is 1.21. The number of nitro groups is 1. The lowest BCUT2D eigenvalue weighted by atomic mass is 10.4. The van der Waals surface area contributed by atoms with Crippen LogP contribution in [0.3, 0.4) is 0 Å². The standard InChI is InChI=1S/C8H10BrN3O4S/c1-17(15,16)3-2-10-8-7(12(13)14)4-6(9)5-11-8/h4-5H,2-3H2,1H3,(H,10,11). The molecular formula is C8H10BrN3O4S. The van der Waals surface area contributed by atoms with Crippen molar-refractivity contribution >= 4 is 37.3 Å². The second-order valence-corrected chi connectivity index (χ2v) is 6.51. The van der Waals surface area contributed by atoms with Gasteiger partial charge in [-0.05, 0) is 15.9 Å². The summed E-state index contributed by atoms with van der Waals surface area (Å²) in [6, 6.07) is 1.30. The molecule has 0 saturated carbocycles. The van der Waals surface area contributed by atoms with Crippen molar-refractivity contribution in [1.82, 2.24) is 4.98 Å². The van der Waals surface area contributed by atoms with Crippen molar-refractivity contribution in [2.45, 2.75) is 0 Å². The Labute approximate surface area is 106 Å². The van der Waals surface area contributed by atoms with Crippen molar-refractivity contribution in [3.05, 3.63) is 26.9 Å². The van der Waals surface area contributed by atoms with Crippen LogP contribution in [0.15, 0.2) is 16.7 Å². The summed E-state index contributed by atoms with van der Waals surface area (Å²) in [7, 11) is -3.10. The Bertz CT molecular complexity index is 532. The first kappa shape index (κ1) is 13.8. The van der Waals surface area contributed by atoms with Gasteiger partial charge in [0.25, 0.3) is 0 Å². The molecule has 0 unspecified atom stereocenters. The normalized spacial score (nSPS) is 11.2. The van der Waals surface area contributed by atoms with Crippen LogP contribution in [0.25, 0.3) is 0 Å². The highest BCUT2D eigenvalue weighted by Crippen LogP contribution is 2.24. The van der Waals surface area contributed by atoms with Gasteiger partial charge in [-0.25, -0.2) is 13.4 Å². The number of rotatable bonds is 5. The van der Waals surface area contributed by atoms with Gasteiger partial charge < -0.3 is 5.32 Å². The highest BCUT2D eigenvalue weighted by Gasteiger charge is 2.15. The Morgan fingerprint density at radius 2 is 2.24 bits per heavy atom. The first-order valence-corrected chi connectivity index (χ1v) is 7.36. The lowest BCUT2D eigenvalue weighted by Gasteiger charge is -2.05. The van der Waals surface area contributed by atoms with Gasteiger partial charge in [0.1, 0.15) is 9.84 Å². The van der Waals surface area contributed by atoms with E-state index in [2.05, 4.69) is 26.2 Å². The molecule has 1 aromatic rings. The van der Waals surface area contributed by atoms with Crippen molar-refractivity contribution < 1.29 is 13.3 Å². The van der Waals surface area contributed by atoms with Crippen molar-refractivity contribution in [3.8, 4) is 0 Å². The lowest BCUT2D eigenvalue weighted by Crippen LogP contribution is -2.15. The fourth-order valence-electron chi connectivity index (χ4n) is 1.06. The molecule has 0 bridgehead atoms. The van der Waals surface area contributed by atoms with Crippen LogP contribution in [0.1, 0.15) is 0 Å². The van der Waals surface area contributed by atoms with E-state index < -0.39 is 14.8 Å². The maximum Gasteiger partial charge on any atom is 0.312 e. The Morgan fingerprint density at radius 3 is 2.76 bits per heavy atom. The first-order valence-electron chi connectivity index (χ1n) is 4.51. The van der Waals surface area contributed by atoms with Crippen LogP contribution >= 0.6 is 15.9 Å². The van der Waals surface area contributed by atoms with Crippen molar-refractivity contribution in [1.29, 1.82) is 0 Å². The lowest BCUT2D eigenvalue weighted by molar-refractivity contribution is -0.384. The molecule has 0 aliphatic carbocycles. The summed E-state index contributed by atoms with van der Waals surface area (Å²) in [6.07, 6.45) is 2.49. The largest absolute Gasteiger partial charge is 0.363 e. The fourth-order valence-corrected chi connectivity index (χ4v) is 1.85. The second kappa shape index (κ2) is 5.41. The van der Waals surface area contributed by atoms with Crippen molar-refractivity contribution in [2.75, 3.05) is 23.9 Å². The predicted molar refractivity (Wildman–Crippen MR) is 66.8 cm³/mol. The third-order valence-corrected chi connectivity index (χ3v) is 3.18. The molecule has 17 heavy (non-hydrogen) atoms. The van der Waals surface area contributed by atoms with Gasteiger partial charge in [0, 0.05) is 29.5 Å². The quantitative estimate of drug-likeness (QED) is 0.645. The van der Waals surface area contributed by atoms with Crippen LogP contribution < -0.4 is 5.32 Å². The number of nitrogens with zero attached hydrogens (tertiary/aromatic N) is 2. The third kappa shape index (κ3) is 4.65. The molecule has 0 aliphatic rings. The second-order valence-electron chi connectivity index (χ2n) is 3.34. The van der Waals surface area contributed by atoms with Gasteiger partial charge in [0.15, 0.2) is 0 Å². The number of sulfone groups is 1. The minimum atomic E-state index is -3.10. The highest BCUT2D eigenvalue weighted by atomic mass is 79.9. The van der Waals surface area contributed by atoms with Gasteiger partial charge in [-0.1, -0.05) is 0 Å². The molecule has 1 aromatic heterocycles. The average molecular weight is 324 g/mol. The minimum Gasteiger partial charge on any atom is -0.363 e. The SMILES string of the molecule is CS(=O)(=O)CCNc1ncc(Br)cc1[N+](=O)[O-]. The van der Waals surface area contributed by atoms with Gasteiger partial charge in [0.2, 0.25) is 5.82 Å². The Morgan fingerprint density at radius 1 is 1.59 bits per heavy atom. The van der Waals surface area contributed by atoms with E-state index in [-0.39, 0.29) is 23.8 Å². The molecule has 1 N–H and O–H groups in total. The van der Waals surface area contributed by atoms with Crippen LogP contribution in [0, 0.1) is 10.1 Å². The Kier molecular flexibility index (Phi) is 4.40. The van der Waals surface area contributed by atoms with Crippen molar-refractivity contribution in [2.24, 2.45) is 0 Å². The molecule has 7 nitrogen and oxygen atoms in total. The summed E-state index contributed by atoms with van der Waals surface area (Å²) in [5.74, 6) is -0.0520. The number of nitrogens with one attached hydrogen (secondary N) is 1. The summed E-state index contributed by atoms with van der Waals surface area (Å²) in [4.78, 5) is 14.0. The summed E-state index contributed by atoms with van der Waals surface area (Å²) >= 11 is 3.07. The van der Waals surface area contributed by atoms with E-state index in [1.807, 2.05) is 0 Å². The van der Waals surface area contributed by atoms with Crippen molar-refractivity contribution in [3.63, 3.8) is 0 Å². The number of hydrogen-bond donors (Lipinski definition) is 1. The van der Waals surface area contributed by atoms with E-state index in [1.54, 1.807) is 0 Å². The van der Waals surface area contributed by atoms with Crippen LogP contribution in [-0.2, 0) is 9.84 Å². The topological polar surface area (TPSA) is 102 Å². The van der Waals surface area contributed by atoms with Gasteiger partial charge in [-0.15, -0.1) is 0 Å². The van der Waals surface area contributed by atoms with E-state index in [1.165, 1.54) is 12.3 Å². The number of halogens is 1. The summed E-state index contributed by atoms with van der Waals surface area (Å²) in [5, 5.41) is 13.3. The molecule has 1 rings (SSSR count). The molecule has 94 valence electrons. The summed E-state index contributed by atoms with van der Waals surface area (Å²) in [6.45, 7) is 0.0777.